The molecule has 0 fully saturated rings. The van der Waals surface area contributed by atoms with Gasteiger partial charge in [-0.2, -0.15) is 0 Å². The second-order valence-electron chi connectivity index (χ2n) is 7.21. The number of halogens is 1. The smallest absolute Gasteiger partial charge is 0.138 e. The number of hydrogen-bond donors (Lipinski definition) is 1. The minimum absolute atomic E-state index is 0.0149. The van der Waals surface area contributed by atoms with Crippen molar-refractivity contribution in [3.8, 4) is 28.4 Å². The molecule has 29 heavy (non-hydrogen) atoms. The molecule has 4 aromatic rings. The van der Waals surface area contributed by atoms with E-state index in [1.165, 1.54) is 16.5 Å². The highest BCUT2D eigenvalue weighted by Gasteiger charge is 2.33. The summed E-state index contributed by atoms with van der Waals surface area (Å²) in [5.41, 5.74) is 5.77. The maximum Gasteiger partial charge on any atom is 0.138 e. The first-order chi connectivity index (χ1) is 14.1. The number of methoxy groups -OCH3 is 2. The first-order valence-corrected chi connectivity index (χ1v) is 9.76. The average molecular weight is 403 g/mol. The van der Waals surface area contributed by atoms with Gasteiger partial charge in [0.2, 0.25) is 0 Å². The Morgan fingerprint density at radius 3 is 2.34 bits per heavy atom. The normalized spacial score (nSPS) is 14.5. The van der Waals surface area contributed by atoms with E-state index in [1.54, 1.807) is 26.4 Å². The maximum atomic E-state index is 9.78. The van der Waals surface area contributed by atoms with Crippen LogP contribution in [0.4, 0.5) is 0 Å². The van der Waals surface area contributed by atoms with Crippen LogP contribution < -0.4 is 9.47 Å². The Bertz CT molecular complexity index is 1250. The topological polar surface area (TPSA) is 38.7 Å². The van der Waals surface area contributed by atoms with Gasteiger partial charge in [0.15, 0.2) is 0 Å². The fraction of sp³-hybridized carbons (Fsp3) is 0.120. The molecule has 1 N–H and O–H groups in total. The zero-order valence-electron chi connectivity index (χ0n) is 16.1. The van der Waals surface area contributed by atoms with Crippen molar-refractivity contribution in [2.75, 3.05) is 14.2 Å². The van der Waals surface area contributed by atoms with E-state index < -0.39 is 0 Å². The van der Waals surface area contributed by atoms with E-state index in [2.05, 4.69) is 24.3 Å². The molecule has 4 aromatic carbocycles. The van der Waals surface area contributed by atoms with Crippen molar-refractivity contribution in [2.45, 2.75) is 5.92 Å². The van der Waals surface area contributed by atoms with Gasteiger partial charge in [-0.05, 0) is 75.0 Å². The summed E-state index contributed by atoms with van der Waals surface area (Å²) in [4.78, 5) is 0. The number of ether oxygens (including phenoxy) is 2. The Hall–Kier alpha value is -3.17. The summed E-state index contributed by atoms with van der Waals surface area (Å²) in [6.45, 7) is 0. The number of aromatic hydroxyl groups is 1. The minimum atomic E-state index is 0.0149. The van der Waals surface area contributed by atoms with E-state index >= 15 is 0 Å². The highest BCUT2D eigenvalue weighted by atomic mass is 35.5. The summed E-state index contributed by atoms with van der Waals surface area (Å²) in [6, 6.07) is 21.9. The van der Waals surface area contributed by atoms with Crippen molar-refractivity contribution in [1.82, 2.24) is 0 Å². The van der Waals surface area contributed by atoms with Gasteiger partial charge >= 0.3 is 0 Å². The molecule has 144 valence electrons. The van der Waals surface area contributed by atoms with Gasteiger partial charge in [-0.25, -0.2) is 0 Å². The molecule has 0 spiro atoms. The first-order valence-electron chi connectivity index (χ1n) is 9.38. The molecule has 5 rings (SSSR count). The molecule has 0 radical (unpaired) electrons. The van der Waals surface area contributed by atoms with Crippen LogP contribution in [0.5, 0.6) is 17.2 Å². The fourth-order valence-electron chi connectivity index (χ4n) is 4.37. The summed E-state index contributed by atoms with van der Waals surface area (Å²) in [7, 11) is 3.31. The van der Waals surface area contributed by atoms with Crippen LogP contribution in [-0.4, -0.2) is 19.3 Å². The van der Waals surface area contributed by atoms with Crippen LogP contribution in [0.15, 0.2) is 66.7 Å². The summed E-state index contributed by atoms with van der Waals surface area (Å²) in [5, 5.41) is 12.7. The van der Waals surface area contributed by atoms with Crippen molar-refractivity contribution in [1.29, 1.82) is 0 Å². The average Bonchev–Trinajstić information content (AvgIpc) is 3.06. The van der Waals surface area contributed by atoms with Gasteiger partial charge in [0, 0.05) is 5.92 Å². The summed E-state index contributed by atoms with van der Waals surface area (Å²) in [6.07, 6.45) is 0. The Morgan fingerprint density at radius 2 is 1.62 bits per heavy atom. The number of phenolic OH excluding ortho intramolecular Hbond substituents is 1. The molecule has 1 aliphatic rings. The monoisotopic (exact) mass is 402 g/mol. The molecule has 0 heterocycles. The SMILES string of the molecule is COc1ccc2c3c(ccc2c1)-c1cc(OC)c(Cl)cc1C3c1ccc(O)cc1. The van der Waals surface area contributed by atoms with E-state index in [4.69, 9.17) is 21.1 Å². The zero-order chi connectivity index (χ0) is 20.1. The van der Waals surface area contributed by atoms with Gasteiger partial charge in [-0.15, -0.1) is 0 Å². The third-order valence-corrected chi connectivity index (χ3v) is 6.00. The molecule has 0 saturated heterocycles. The van der Waals surface area contributed by atoms with Crippen LogP contribution in [0.3, 0.4) is 0 Å². The Morgan fingerprint density at radius 1 is 0.828 bits per heavy atom. The second kappa shape index (κ2) is 6.71. The number of hydrogen-bond acceptors (Lipinski definition) is 3. The highest BCUT2D eigenvalue weighted by Crippen LogP contribution is 2.53. The molecule has 0 aromatic heterocycles. The van der Waals surface area contributed by atoms with Crippen molar-refractivity contribution in [2.24, 2.45) is 0 Å². The number of benzene rings is 4. The van der Waals surface area contributed by atoms with E-state index in [1.807, 2.05) is 30.3 Å². The van der Waals surface area contributed by atoms with E-state index in [0.717, 1.165) is 27.8 Å². The van der Waals surface area contributed by atoms with Crippen LogP contribution in [0.2, 0.25) is 5.02 Å². The Labute approximate surface area is 174 Å². The lowest BCUT2D eigenvalue weighted by Gasteiger charge is -2.17. The lowest BCUT2D eigenvalue weighted by Crippen LogP contribution is -2.00. The molecule has 0 saturated carbocycles. The lowest BCUT2D eigenvalue weighted by molar-refractivity contribution is 0.415. The second-order valence-corrected chi connectivity index (χ2v) is 7.62. The molecule has 0 amide bonds. The molecule has 1 atom stereocenters. The number of fused-ring (bicyclic) bond motifs is 5. The molecule has 0 aliphatic heterocycles. The van der Waals surface area contributed by atoms with Crippen molar-refractivity contribution >= 4 is 22.4 Å². The van der Waals surface area contributed by atoms with Crippen LogP contribution >= 0.6 is 11.6 Å². The predicted octanol–water partition coefficient (Wildman–Crippen LogP) is 6.38. The molecule has 4 heteroatoms. The van der Waals surface area contributed by atoms with Crippen LogP contribution in [0.1, 0.15) is 22.6 Å². The minimum Gasteiger partial charge on any atom is -0.508 e. The third-order valence-electron chi connectivity index (χ3n) is 5.71. The van der Waals surface area contributed by atoms with E-state index in [-0.39, 0.29) is 11.7 Å². The summed E-state index contributed by atoms with van der Waals surface area (Å²) >= 11 is 6.51. The van der Waals surface area contributed by atoms with Crippen molar-refractivity contribution < 1.29 is 14.6 Å². The van der Waals surface area contributed by atoms with Gasteiger partial charge in [0.25, 0.3) is 0 Å². The van der Waals surface area contributed by atoms with Gasteiger partial charge in [0.1, 0.15) is 17.2 Å². The van der Waals surface area contributed by atoms with Gasteiger partial charge < -0.3 is 14.6 Å². The van der Waals surface area contributed by atoms with E-state index in [9.17, 15) is 5.11 Å². The largest absolute Gasteiger partial charge is 0.508 e. The molecule has 1 aliphatic carbocycles. The van der Waals surface area contributed by atoms with Crippen LogP contribution in [-0.2, 0) is 0 Å². The Balaban J connectivity index is 1.84. The maximum absolute atomic E-state index is 9.78. The first kappa shape index (κ1) is 17.9. The molecule has 3 nitrogen and oxygen atoms in total. The fourth-order valence-corrected chi connectivity index (χ4v) is 4.62. The summed E-state index contributed by atoms with van der Waals surface area (Å²) < 4.78 is 10.9. The van der Waals surface area contributed by atoms with Crippen LogP contribution in [0, 0.1) is 0 Å². The molecule has 1 unspecified atom stereocenters. The van der Waals surface area contributed by atoms with Gasteiger partial charge in [0.05, 0.1) is 19.2 Å². The standard InChI is InChI=1S/C25H19ClO3/c1-28-17-8-10-18-15(11-17)5-9-19-20-13-23(29-2)22(26)12-21(20)24(25(18)19)14-3-6-16(27)7-4-14/h3-13,24,27H,1-2H3. The van der Waals surface area contributed by atoms with Crippen molar-refractivity contribution in [3.63, 3.8) is 0 Å². The zero-order valence-corrected chi connectivity index (χ0v) is 16.8. The molecule has 0 bridgehead atoms. The van der Waals surface area contributed by atoms with Crippen molar-refractivity contribution in [3.05, 3.63) is 88.4 Å². The van der Waals surface area contributed by atoms with Gasteiger partial charge in [-0.3, -0.25) is 0 Å². The Kier molecular flexibility index (Phi) is 4.14. The van der Waals surface area contributed by atoms with Gasteiger partial charge in [-0.1, -0.05) is 41.9 Å². The lowest BCUT2D eigenvalue weighted by atomic mass is 9.86. The third kappa shape index (κ3) is 2.73. The molecular formula is C25H19ClO3. The number of phenols is 1. The summed E-state index contributed by atoms with van der Waals surface area (Å²) in [5.74, 6) is 1.76. The van der Waals surface area contributed by atoms with Crippen LogP contribution in [0.25, 0.3) is 21.9 Å². The number of rotatable bonds is 3. The van der Waals surface area contributed by atoms with E-state index in [0.29, 0.717) is 10.8 Å². The highest BCUT2D eigenvalue weighted by molar-refractivity contribution is 6.32. The predicted molar refractivity (Wildman–Crippen MR) is 117 cm³/mol. The quantitative estimate of drug-likeness (QED) is 0.380. The molecular weight excluding hydrogens is 384 g/mol.